The predicted octanol–water partition coefficient (Wildman–Crippen LogP) is 23.4. The number of nitrogens with one attached hydrogen (secondary N) is 1. The second kappa shape index (κ2) is 66.1. The van der Waals surface area contributed by atoms with Gasteiger partial charge in [-0.05, 0) is 51.4 Å². The van der Waals surface area contributed by atoms with E-state index < -0.39 is 20.0 Å². The third-order valence-corrected chi connectivity index (χ3v) is 18.3. The summed E-state index contributed by atoms with van der Waals surface area (Å²) in [6, 6.07) is -0.886. The van der Waals surface area contributed by atoms with Gasteiger partial charge < -0.3 is 28.8 Å². The Labute approximate surface area is 525 Å². The summed E-state index contributed by atoms with van der Waals surface area (Å²) in [5.41, 5.74) is 0. The number of phosphoric acid groups is 1. The van der Waals surface area contributed by atoms with Crippen molar-refractivity contribution in [1.29, 1.82) is 0 Å². The first-order valence-corrected chi connectivity index (χ1v) is 38.8. The first kappa shape index (κ1) is 82.7. The standard InChI is InChI=1S/C75H147N2O6P/c1-6-8-10-12-14-16-18-20-22-24-26-28-30-32-34-35-36-37-38-39-40-41-43-45-47-49-51-53-55-57-59-61-63-65-67-69-75(79)76-73(72-83-84(80,81)82-71-70-77(3,4)5)74(78)68-66-64-62-60-58-56-54-52-50-48-46-44-42-33-31-29-27-25-23-21-19-17-15-13-11-9-7-2/h18,20,24,26,66,68,73-74,78H,6-17,19,21-23,25,27-65,67,69-72H2,1-5H3,(H-,76,79,80,81)/b20-18-,26-24-,68-66+. The van der Waals surface area contributed by atoms with Crippen molar-refractivity contribution in [1.82, 2.24) is 5.32 Å². The summed E-state index contributed by atoms with van der Waals surface area (Å²) in [5, 5.41) is 14.0. The summed E-state index contributed by atoms with van der Waals surface area (Å²) < 4.78 is 23.5. The van der Waals surface area contributed by atoms with Crippen molar-refractivity contribution < 1.29 is 32.9 Å². The van der Waals surface area contributed by atoms with E-state index in [1.807, 2.05) is 27.2 Å². The molecule has 0 heterocycles. The zero-order chi connectivity index (χ0) is 61.2. The zero-order valence-corrected chi connectivity index (χ0v) is 58.0. The summed E-state index contributed by atoms with van der Waals surface area (Å²) in [6.07, 6.45) is 88.6. The van der Waals surface area contributed by atoms with E-state index in [4.69, 9.17) is 9.05 Å². The summed E-state index contributed by atoms with van der Waals surface area (Å²) in [4.78, 5) is 25.7. The SMILES string of the molecule is CCCCCCC/C=C\C/C=C\CCCCCCCCCCCCCCCCCCCCCCCCCC(=O)NC(COP(=O)([O-])OCC[N+](C)(C)C)C(O)/C=C/CCCCCCCCCCCCCCCCCCCCCCCCCCC. The molecule has 0 fully saturated rings. The van der Waals surface area contributed by atoms with Gasteiger partial charge >= 0.3 is 0 Å². The smallest absolute Gasteiger partial charge is 0.268 e. The third-order valence-electron chi connectivity index (χ3n) is 17.3. The molecule has 0 aliphatic heterocycles. The number of unbranched alkanes of at least 4 members (excludes halogenated alkanes) is 53. The number of rotatable bonds is 70. The molecule has 0 aliphatic rings. The second-order valence-electron chi connectivity index (χ2n) is 27.0. The fourth-order valence-corrected chi connectivity index (χ4v) is 12.3. The molecule has 0 bridgehead atoms. The number of nitrogens with zero attached hydrogens (tertiary/aromatic N) is 1. The molecule has 0 spiro atoms. The summed E-state index contributed by atoms with van der Waals surface area (Å²) in [5.74, 6) is -0.189. The number of allylic oxidation sites excluding steroid dienone is 5. The molecule has 0 aromatic heterocycles. The maximum atomic E-state index is 13.1. The highest BCUT2D eigenvalue weighted by Gasteiger charge is 2.23. The van der Waals surface area contributed by atoms with Gasteiger partial charge in [-0.1, -0.05) is 365 Å². The third kappa shape index (κ3) is 68.2. The van der Waals surface area contributed by atoms with Gasteiger partial charge in [-0.2, -0.15) is 0 Å². The molecule has 2 N–H and O–H groups in total. The van der Waals surface area contributed by atoms with Crippen LogP contribution < -0.4 is 10.2 Å². The van der Waals surface area contributed by atoms with Crippen LogP contribution >= 0.6 is 7.82 Å². The van der Waals surface area contributed by atoms with Gasteiger partial charge in [0.25, 0.3) is 7.82 Å². The van der Waals surface area contributed by atoms with E-state index in [1.54, 1.807) is 6.08 Å². The van der Waals surface area contributed by atoms with Crippen LogP contribution in [-0.4, -0.2) is 68.5 Å². The first-order chi connectivity index (χ1) is 41.0. The van der Waals surface area contributed by atoms with Crippen molar-refractivity contribution in [2.75, 3.05) is 40.9 Å². The molecule has 8 nitrogen and oxygen atoms in total. The molecule has 0 rings (SSSR count). The van der Waals surface area contributed by atoms with Crippen molar-refractivity contribution in [3.8, 4) is 0 Å². The minimum absolute atomic E-state index is 0.00155. The largest absolute Gasteiger partial charge is 0.756 e. The minimum Gasteiger partial charge on any atom is -0.756 e. The molecule has 3 unspecified atom stereocenters. The van der Waals surface area contributed by atoms with E-state index in [9.17, 15) is 19.4 Å². The van der Waals surface area contributed by atoms with Gasteiger partial charge in [0.1, 0.15) is 13.2 Å². The maximum Gasteiger partial charge on any atom is 0.268 e. The summed E-state index contributed by atoms with van der Waals surface area (Å²) in [6.45, 7) is 4.70. The van der Waals surface area contributed by atoms with Crippen LogP contribution in [0.4, 0.5) is 0 Å². The van der Waals surface area contributed by atoms with Crippen molar-refractivity contribution >= 4 is 13.7 Å². The quantitative estimate of drug-likeness (QED) is 0.0272. The van der Waals surface area contributed by atoms with Gasteiger partial charge in [0, 0.05) is 6.42 Å². The molecule has 0 radical (unpaired) electrons. The Morgan fingerprint density at radius 2 is 0.690 bits per heavy atom. The van der Waals surface area contributed by atoms with E-state index in [0.717, 1.165) is 44.9 Å². The molecule has 0 saturated heterocycles. The normalized spacial score (nSPS) is 13.8. The number of aliphatic hydroxyl groups excluding tert-OH is 1. The summed E-state index contributed by atoms with van der Waals surface area (Å²) in [7, 11) is 1.28. The molecule has 498 valence electrons. The highest BCUT2D eigenvalue weighted by Crippen LogP contribution is 2.38. The number of phosphoric ester groups is 1. The Morgan fingerprint density at radius 3 is 0.988 bits per heavy atom. The van der Waals surface area contributed by atoms with Gasteiger partial charge in [0.15, 0.2) is 0 Å². The van der Waals surface area contributed by atoms with Crippen molar-refractivity contribution in [3.63, 3.8) is 0 Å². The van der Waals surface area contributed by atoms with Crippen LogP contribution in [0.2, 0.25) is 0 Å². The van der Waals surface area contributed by atoms with Crippen LogP contribution in [0.3, 0.4) is 0 Å². The van der Waals surface area contributed by atoms with Crippen LogP contribution in [-0.2, 0) is 18.4 Å². The molecular weight excluding hydrogens is 1060 g/mol. The van der Waals surface area contributed by atoms with Crippen LogP contribution in [0.5, 0.6) is 0 Å². The van der Waals surface area contributed by atoms with E-state index in [-0.39, 0.29) is 19.1 Å². The number of hydrogen-bond acceptors (Lipinski definition) is 6. The average molecular weight is 1200 g/mol. The zero-order valence-electron chi connectivity index (χ0n) is 57.1. The van der Waals surface area contributed by atoms with Crippen LogP contribution in [0, 0.1) is 0 Å². The molecule has 0 aliphatic carbocycles. The van der Waals surface area contributed by atoms with Crippen molar-refractivity contribution in [3.05, 3.63) is 36.5 Å². The van der Waals surface area contributed by atoms with Crippen LogP contribution in [0.1, 0.15) is 386 Å². The molecule has 0 aromatic carbocycles. The Morgan fingerprint density at radius 1 is 0.417 bits per heavy atom. The lowest BCUT2D eigenvalue weighted by atomic mass is 10.0. The van der Waals surface area contributed by atoms with E-state index in [2.05, 4.69) is 43.5 Å². The first-order valence-electron chi connectivity index (χ1n) is 37.4. The van der Waals surface area contributed by atoms with Gasteiger partial charge in [-0.25, -0.2) is 0 Å². The molecule has 0 saturated carbocycles. The average Bonchev–Trinajstić information content (AvgIpc) is 3.56. The Kier molecular flexibility index (Phi) is 65.1. The molecule has 9 heteroatoms. The van der Waals surface area contributed by atoms with Gasteiger partial charge in [-0.3, -0.25) is 9.36 Å². The maximum absolute atomic E-state index is 13.1. The Hall–Kier alpha value is -1.28. The van der Waals surface area contributed by atoms with Crippen LogP contribution in [0.15, 0.2) is 36.5 Å². The highest BCUT2D eigenvalue weighted by atomic mass is 31.2. The van der Waals surface area contributed by atoms with E-state index in [1.165, 1.54) is 321 Å². The lowest BCUT2D eigenvalue weighted by Crippen LogP contribution is -2.45. The minimum atomic E-state index is -4.60. The molecule has 84 heavy (non-hydrogen) atoms. The highest BCUT2D eigenvalue weighted by molar-refractivity contribution is 7.45. The number of aliphatic hydroxyl groups is 1. The lowest BCUT2D eigenvalue weighted by molar-refractivity contribution is -0.870. The number of carbonyl (C=O) groups is 1. The molecule has 0 aromatic rings. The fourth-order valence-electron chi connectivity index (χ4n) is 11.5. The number of amides is 1. The Balaban J connectivity index is 3.98. The van der Waals surface area contributed by atoms with Crippen LogP contribution in [0.25, 0.3) is 0 Å². The van der Waals surface area contributed by atoms with Crippen molar-refractivity contribution in [2.45, 2.75) is 398 Å². The topological polar surface area (TPSA) is 108 Å². The van der Waals surface area contributed by atoms with Crippen molar-refractivity contribution in [2.24, 2.45) is 0 Å². The van der Waals surface area contributed by atoms with E-state index >= 15 is 0 Å². The molecule has 1 amide bonds. The molecular formula is C75H147N2O6P. The number of likely N-dealkylation sites (N-methyl/N-ethyl adjacent to an activating group) is 1. The van der Waals surface area contributed by atoms with E-state index in [0.29, 0.717) is 17.4 Å². The number of quaternary nitrogens is 1. The Bertz CT molecular complexity index is 1460. The van der Waals surface area contributed by atoms with Gasteiger partial charge in [-0.15, -0.1) is 0 Å². The fraction of sp³-hybridized carbons (Fsp3) is 0.907. The summed E-state index contributed by atoms with van der Waals surface area (Å²) >= 11 is 0. The monoisotopic (exact) mass is 1200 g/mol. The lowest BCUT2D eigenvalue weighted by Gasteiger charge is -2.29. The van der Waals surface area contributed by atoms with Gasteiger partial charge in [0.05, 0.1) is 39.9 Å². The predicted molar refractivity (Wildman–Crippen MR) is 367 cm³/mol. The van der Waals surface area contributed by atoms with Gasteiger partial charge in [0.2, 0.25) is 5.91 Å². The second-order valence-corrected chi connectivity index (χ2v) is 28.4. The molecule has 3 atom stereocenters. The number of hydrogen-bond donors (Lipinski definition) is 2. The number of carbonyl (C=O) groups excluding carboxylic acids is 1.